The maximum absolute atomic E-state index is 6.40. The van der Waals surface area contributed by atoms with Crippen LogP contribution in [0.25, 0.3) is 0 Å². The number of nitrogens with zero attached hydrogens (tertiary/aromatic N) is 1. The fourth-order valence-electron chi connectivity index (χ4n) is 2.40. The smallest absolute Gasteiger partial charge is 0.0453 e. The highest BCUT2D eigenvalue weighted by atomic mass is 32.1. The normalized spacial score (nSPS) is 20.4. The van der Waals surface area contributed by atoms with Gasteiger partial charge in [-0.15, -0.1) is 11.3 Å². The molecule has 1 unspecified atom stereocenters. The molecule has 17 heavy (non-hydrogen) atoms. The van der Waals surface area contributed by atoms with E-state index in [0.717, 1.165) is 32.7 Å². The second-order valence-electron chi connectivity index (χ2n) is 5.51. The lowest BCUT2D eigenvalue weighted by atomic mass is 9.83. The number of hydrogen-bond acceptors (Lipinski definition) is 4. The number of hydrogen-bond donors (Lipinski definition) is 2. The van der Waals surface area contributed by atoms with Crippen molar-refractivity contribution in [2.45, 2.75) is 19.9 Å². The monoisotopic (exact) mass is 253 g/mol. The van der Waals surface area contributed by atoms with Crippen LogP contribution in [0.3, 0.4) is 0 Å². The van der Waals surface area contributed by atoms with Crippen LogP contribution in [0.1, 0.15) is 24.8 Å². The maximum atomic E-state index is 6.40. The summed E-state index contributed by atoms with van der Waals surface area (Å²) in [6.07, 6.45) is 0. The predicted octanol–water partition coefficient (Wildman–Crippen LogP) is 1.68. The van der Waals surface area contributed by atoms with Gasteiger partial charge in [0.2, 0.25) is 0 Å². The Balaban J connectivity index is 1.97. The number of piperazine rings is 1. The largest absolute Gasteiger partial charge is 0.323 e. The van der Waals surface area contributed by atoms with Crippen LogP contribution in [0, 0.1) is 5.41 Å². The summed E-state index contributed by atoms with van der Waals surface area (Å²) in [4.78, 5) is 3.81. The summed E-state index contributed by atoms with van der Waals surface area (Å²) in [6.45, 7) is 10.1. The molecule has 1 aliphatic heterocycles. The van der Waals surface area contributed by atoms with Gasteiger partial charge in [0, 0.05) is 43.6 Å². The molecule has 2 rings (SSSR count). The van der Waals surface area contributed by atoms with Gasteiger partial charge >= 0.3 is 0 Å². The first kappa shape index (κ1) is 13.0. The number of thiophene rings is 1. The molecule has 3 nitrogen and oxygen atoms in total. The maximum Gasteiger partial charge on any atom is 0.0453 e. The van der Waals surface area contributed by atoms with Crippen molar-refractivity contribution in [3.63, 3.8) is 0 Å². The van der Waals surface area contributed by atoms with E-state index in [1.165, 1.54) is 4.88 Å². The minimum absolute atomic E-state index is 0.127. The molecule has 1 aliphatic rings. The van der Waals surface area contributed by atoms with E-state index in [1.807, 2.05) is 0 Å². The summed E-state index contributed by atoms with van der Waals surface area (Å²) >= 11 is 1.76. The van der Waals surface area contributed by atoms with Crippen LogP contribution in [0.5, 0.6) is 0 Å². The van der Waals surface area contributed by atoms with Gasteiger partial charge in [-0.1, -0.05) is 19.9 Å². The Bertz CT molecular complexity index is 328. The average molecular weight is 253 g/mol. The molecule has 1 aromatic rings. The Morgan fingerprint density at radius 3 is 2.76 bits per heavy atom. The molecule has 0 aliphatic carbocycles. The van der Waals surface area contributed by atoms with Crippen molar-refractivity contribution in [2.24, 2.45) is 11.1 Å². The number of nitrogens with two attached hydrogens (primary N) is 1. The second kappa shape index (κ2) is 5.48. The van der Waals surface area contributed by atoms with Crippen molar-refractivity contribution in [2.75, 3.05) is 32.7 Å². The summed E-state index contributed by atoms with van der Waals surface area (Å²) in [6, 6.07) is 4.37. The van der Waals surface area contributed by atoms with Crippen molar-refractivity contribution in [3.05, 3.63) is 22.4 Å². The summed E-state index contributed by atoms with van der Waals surface area (Å²) in [5, 5.41) is 5.49. The topological polar surface area (TPSA) is 41.3 Å². The lowest BCUT2D eigenvalue weighted by Crippen LogP contribution is -2.49. The van der Waals surface area contributed by atoms with E-state index < -0.39 is 0 Å². The Morgan fingerprint density at radius 1 is 1.47 bits per heavy atom. The molecule has 3 N–H and O–H groups in total. The lowest BCUT2D eigenvalue weighted by Gasteiger charge is -2.38. The zero-order chi connectivity index (χ0) is 12.3. The van der Waals surface area contributed by atoms with Crippen LogP contribution >= 0.6 is 11.3 Å². The molecule has 0 radical (unpaired) electrons. The highest BCUT2D eigenvalue weighted by Crippen LogP contribution is 2.34. The van der Waals surface area contributed by atoms with Crippen molar-refractivity contribution in [1.29, 1.82) is 0 Å². The van der Waals surface area contributed by atoms with Gasteiger partial charge in [0.25, 0.3) is 0 Å². The molecule has 1 atom stereocenters. The van der Waals surface area contributed by atoms with Gasteiger partial charge in [-0.05, 0) is 16.9 Å². The van der Waals surface area contributed by atoms with Gasteiger partial charge in [-0.2, -0.15) is 0 Å². The van der Waals surface area contributed by atoms with Crippen LogP contribution < -0.4 is 11.1 Å². The first-order chi connectivity index (χ1) is 8.09. The molecule has 0 bridgehead atoms. The lowest BCUT2D eigenvalue weighted by molar-refractivity contribution is 0.140. The minimum Gasteiger partial charge on any atom is -0.323 e. The van der Waals surface area contributed by atoms with Crippen molar-refractivity contribution >= 4 is 11.3 Å². The third-order valence-electron chi connectivity index (χ3n) is 3.53. The van der Waals surface area contributed by atoms with E-state index in [2.05, 4.69) is 41.6 Å². The standard InChI is InChI=1S/C13H23N3S/c1-13(2,10-16-7-5-15-6-8-16)12(14)11-4-3-9-17-11/h3-4,9,12,15H,5-8,10,14H2,1-2H3. The Morgan fingerprint density at radius 2 is 2.18 bits per heavy atom. The predicted molar refractivity (Wildman–Crippen MR) is 74.3 cm³/mol. The van der Waals surface area contributed by atoms with Crippen LogP contribution in [0.4, 0.5) is 0 Å². The number of rotatable bonds is 4. The summed E-state index contributed by atoms with van der Waals surface area (Å²) in [5.41, 5.74) is 6.53. The van der Waals surface area contributed by atoms with Gasteiger partial charge in [-0.3, -0.25) is 0 Å². The van der Waals surface area contributed by atoms with Crippen LogP contribution in [0.15, 0.2) is 17.5 Å². The third kappa shape index (κ3) is 3.28. The minimum atomic E-state index is 0.127. The van der Waals surface area contributed by atoms with Crippen LogP contribution in [-0.2, 0) is 0 Å². The molecule has 2 heterocycles. The zero-order valence-corrected chi connectivity index (χ0v) is 11.6. The van der Waals surface area contributed by atoms with Crippen molar-refractivity contribution in [3.8, 4) is 0 Å². The van der Waals surface area contributed by atoms with Gasteiger partial charge < -0.3 is 16.0 Å². The van der Waals surface area contributed by atoms with E-state index in [9.17, 15) is 0 Å². The molecule has 4 heteroatoms. The van der Waals surface area contributed by atoms with E-state index in [-0.39, 0.29) is 11.5 Å². The van der Waals surface area contributed by atoms with Crippen LogP contribution in [-0.4, -0.2) is 37.6 Å². The second-order valence-corrected chi connectivity index (χ2v) is 6.49. The molecule has 1 aromatic heterocycles. The number of nitrogens with one attached hydrogen (secondary N) is 1. The van der Waals surface area contributed by atoms with E-state index in [1.54, 1.807) is 11.3 Å². The summed E-state index contributed by atoms with van der Waals surface area (Å²) < 4.78 is 0. The first-order valence-corrected chi connectivity index (χ1v) is 7.19. The molecule has 0 spiro atoms. The molecule has 0 amide bonds. The third-order valence-corrected chi connectivity index (χ3v) is 4.49. The highest BCUT2D eigenvalue weighted by molar-refractivity contribution is 7.10. The fourth-order valence-corrected chi connectivity index (χ4v) is 3.33. The summed E-state index contributed by atoms with van der Waals surface area (Å²) in [5.74, 6) is 0. The van der Waals surface area contributed by atoms with E-state index >= 15 is 0 Å². The Labute approximate surface area is 108 Å². The molecular formula is C13H23N3S. The molecule has 1 saturated heterocycles. The highest BCUT2D eigenvalue weighted by Gasteiger charge is 2.30. The van der Waals surface area contributed by atoms with Gasteiger partial charge in [0.1, 0.15) is 0 Å². The molecule has 1 fully saturated rings. The quantitative estimate of drug-likeness (QED) is 0.858. The summed E-state index contributed by atoms with van der Waals surface area (Å²) in [7, 11) is 0. The Kier molecular flexibility index (Phi) is 4.20. The molecular weight excluding hydrogens is 230 g/mol. The van der Waals surface area contributed by atoms with Crippen molar-refractivity contribution in [1.82, 2.24) is 10.2 Å². The van der Waals surface area contributed by atoms with Crippen LogP contribution in [0.2, 0.25) is 0 Å². The average Bonchev–Trinajstić information content (AvgIpc) is 2.82. The SMILES string of the molecule is CC(C)(CN1CCNCC1)C(N)c1cccs1. The van der Waals surface area contributed by atoms with Gasteiger partial charge in [0.15, 0.2) is 0 Å². The molecule has 0 saturated carbocycles. The van der Waals surface area contributed by atoms with E-state index in [0.29, 0.717) is 0 Å². The molecule has 96 valence electrons. The van der Waals surface area contributed by atoms with Gasteiger partial charge in [-0.25, -0.2) is 0 Å². The fraction of sp³-hybridized carbons (Fsp3) is 0.692. The Hall–Kier alpha value is -0.420. The molecule has 0 aromatic carbocycles. The first-order valence-electron chi connectivity index (χ1n) is 6.32. The van der Waals surface area contributed by atoms with E-state index in [4.69, 9.17) is 5.73 Å². The van der Waals surface area contributed by atoms with Gasteiger partial charge in [0.05, 0.1) is 0 Å². The zero-order valence-electron chi connectivity index (χ0n) is 10.8. The van der Waals surface area contributed by atoms with Crippen molar-refractivity contribution < 1.29 is 0 Å².